The van der Waals surface area contributed by atoms with Crippen molar-refractivity contribution < 1.29 is 14.3 Å². The Morgan fingerprint density at radius 1 is 1.07 bits per heavy atom. The van der Waals surface area contributed by atoms with Crippen LogP contribution in [0.15, 0.2) is 41.2 Å². The molecule has 30 heavy (non-hydrogen) atoms. The molecule has 0 fully saturated rings. The molecular formula is C21H25N5O4. The quantitative estimate of drug-likeness (QED) is 0.604. The number of hydrogen-bond donors (Lipinski definition) is 1. The number of nitrogens with zero attached hydrogens (tertiary/aromatic N) is 4. The molecule has 0 atom stereocenters. The van der Waals surface area contributed by atoms with Crippen molar-refractivity contribution in [1.82, 2.24) is 24.9 Å². The van der Waals surface area contributed by atoms with Gasteiger partial charge in [-0.2, -0.15) is 5.10 Å². The predicted octanol–water partition coefficient (Wildman–Crippen LogP) is 1.56. The van der Waals surface area contributed by atoms with Crippen LogP contribution in [0.2, 0.25) is 0 Å². The number of hydrogen-bond acceptors (Lipinski definition) is 6. The molecule has 2 aromatic heterocycles. The molecule has 1 aromatic carbocycles. The lowest BCUT2D eigenvalue weighted by Crippen LogP contribution is -2.34. The van der Waals surface area contributed by atoms with Gasteiger partial charge in [0.25, 0.3) is 11.5 Å². The van der Waals surface area contributed by atoms with Crippen LogP contribution >= 0.6 is 0 Å². The maximum atomic E-state index is 12.1. The van der Waals surface area contributed by atoms with Crippen molar-refractivity contribution >= 4 is 5.91 Å². The largest absolute Gasteiger partial charge is 0.493 e. The molecule has 0 saturated carbocycles. The minimum absolute atomic E-state index is 0.159. The molecule has 3 rings (SSSR count). The smallest absolute Gasteiger partial charge is 0.266 e. The Hall–Kier alpha value is -3.62. The SMILES string of the molecule is COc1cc(C)ccc1OCC(=O)NCCn1nc(-n2nc(C)cc2C)ccc1=O. The molecule has 9 heteroatoms. The van der Waals surface area contributed by atoms with E-state index < -0.39 is 0 Å². The summed E-state index contributed by atoms with van der Waals surface area (Å²) >= 11 is 0. The Morgan fingerprint density at radius 2 is 1.87 bits per heavy atom. The van der Waals surface area contributed by atoms with E-state index in [9.17, 15) is 9.59 Å². The minimum atomic E-state index is -0.305. The molecule has 2 heterocycles. The summed E-state index contributed by atoms with van der Waals surface area (Å²) < 4.78 is 13.8. The Labute approximate surface area is 174 Å². The number of carbonyl (C=O) groups is 1. The van der Waals surface area contributed by atoms with Gasteiger partial charge in [0.15, 0.2) is 23.9 Å². The van der Waals surface area contributed by atoms with E-state index in [2.05, 4.69) is 15.5 Å². The second kappa shape index (κ2) is 9.25. The van der Waals surface area contributed by atoms with Gasteiger partial charge in [-0.3, -0.25) is 9.59 Å². The van der Waals surface area contributed by atoms with Gasteiger partial charge < -0.3 is 14.8 Å². The summed E-state index contributed by atoms with van der Waals surface area (Å²) in [6.07, 6.45) is 0. The van der Waals surface area contributed by atoms with Crippen molar-refractivity contribution in [1.29, 1.82) is 0 Å². The molecule has 9 nitrogen and oxygen atoms in total. The number of carbonyl (C=O) groups excluding carboxylic acids is 1. The summed E-state index contributed by atoms with van der Waals surface area (Å²) in [5.74, 6) is 1.30. The average Bonchev–Trinajstić information content (AvgIpc) is 3.06. The first-order valence-corrected chi connectivity index (χ1v) is 9.53. The summed E-state index contributed by atoms with van der Waals surface area (Å²) in [6, 6.07) is 10.5. The normalized spacial score (nSPS) is 10.7. The molecule has 0 bridgehead atoms. The Bertz CT molecular complexity index is 1100. The van der Waals surface area contributed by atoms with E-state index in [1.165, 1.54) is 10.7 Å². The minimum Gasteiger partial charge on any atom is -0.493 e. The van der Waals surface area contributed by atoms with Gasteiger partial charge in [-0.25, -0.2) is 9.36 Å². The van der Waals surface area contributed by atoms with Crippen LogP contribution in [-0.4, -0.2) is 45.7 Å². The van der Waals surface area contributed by atoms with Gasteiger partial charge in [-0.1, -0.05) is 6.07 Å². The van der Waals surface area contributed by atoms with Gasteiger partial charge in [0, 0.05) is 18.3 Å². The molecule has 0 saturated heterocycles. The number of ether oxygens (including phenoxy) is 2. The van der Waals surface area contributed by atoms with Gasteiger partial charge in [0.1, 0.15) is 0 Å². The van der Waals surface area contributed by atoms with Crippen LogP contribution in [0, 0.1) is 20.8 Å². The summed E-state index contributed by atoms with van der Waals surface area (Å²) in [6.45, 7) is 6.06. The highest BCUT2D eigenvalue weighted by Gasteiger charge is 2.10. The van der Waals surface area contributed by atoms with E-state index in [0.717, 1.165) is 17.0 Å². The molecule has 0 spiro atoms. The zero-order chi connectivity index (χ0) is 21.7. The summed E-state index contributed by atoms with van der Waals surface area (Å²) in [4.78, 5) is 24.2. The van der Waals surface area contributed by atoms with E-state index >= 15 is 0 Å². The third-order valence-electron chi connectivity index (χ3n) is 4.40. The highest BCUT2D eigenvalue weighted by atomic mass is 16.5. The van der Waals surface area contributed by atoms with Gasteiger partial charge in [-0.05, 0) is 50.6 Å². The molecule has 1 N–H and O–H groups in total. The van der Waals surface area contributed by atoms with Crippen molar-refractivity contribution in [3.8, 4) is 17.3 Å². The fourth-order valence-electron chi connectivity index (χ4n) is 2.96. The van der Waals surface area contributed by atoms with Gasteiger partial charge in [0.05, 0.1) is 19.3 Å². The third-order valence-corrected chi connectivity index (χ3v) is 4.40. The Morgan fingerprint density at radius 3 is 2.57 bits per heavy atom. The summed E-state index contributed by atoms with van der Waals surface area (Å²) in [7, 11) is 1.55. The second-order valence-electron chi connectivity index (χ2n) is 6.88. The van der Waals surface area contributed by atoms with Crippen molar-refractivity contribution in [2.24, 2.45) is 0 Å². The number of rotatable bonds is 8. The lowest BCUT2D eigenvalue weighted by atomic mass is 10.2. The maximum absolute atomic E-state index is 12.1. The first kappa shape index (κ1) is 21.1. The van der Waals surface area contributed by atoms with E-state index in [0.29, 0.717) is 17.3 Å². The maximum Gasteiger partial charge on any atom is 0.266 e. The molecule has 3 aromatic rings. The highest BCUT2D eigenvalue weighted by Crippen LogP contribution is 2.27. The van der Waals surface area contributed by atoms with E-state index in [-0.39, 0.29) is 31.2 Å². The van der Waals surface area contributed by atoms with Crippen LogP contribution < -0.4 is 20.3 Å². The number of aromatic nitrogens is 4. The van der Waals surface area contributed by atoms with Crippen LogP contribution in [0.1, 0.15) is 17.0 Å². The number of aryl methyl sites for hydroxylation is 3. The van der Waals surface area contributed by atoms with Gasteiger partial charge in [0.2, 0.25) is 0 Å². The van der Waals surface area contributed by atoms with Crippen LogP contribution in [0.25, 0.3) is 5.82 Å². The zero-order valence-electron chi connectivity index (χ0n) is 17.5. The van der Waals surface area contributed by atoms with Crippen LogP contribution in [0.3, 0.4) is 0 Å². The number of amides is 1. The summed E-state index contributed by atoms with van der Waals surface area (Å²) in [5, 5.41) is 11.4. The molecule has 0 aliphatic heterocycles. The lowest BCUT2D eigenvalue weighted by molar-refractivity contribution is -0.123. The molecule has 1 amide bonds. The molecular weight excluding hydrogens is 386 g/mol. The number of methoxy groups -OCH3 is 1. The molecule has 0 unspecified atom stereocenters. The van der Waals surface area contributed by atoms with Crippen molar-refractivity contribution in [2.75, 3.05) is 20.3 Å². The van der Waals surface area contributed by atoms with Crippen LogP contribution in [0.5, 0.6) is 11.5 Å². The van der Waals surface area contributed by atoms with Crippen molar-refractivity contribution in [2.45, 2.75) is 27.3 Å². The van der Waals surface area contributed by atoms with Crippen molar-refractivity contribution in [3.05, 3.63) is 63.7 Å². The average molecular weight is 411 g/mol. The monoisotopic (exact) mass is 411 g/mol. The highest BCUT2D eigenvalue weighted by molar-refractivity contribution is 5.77. The first-order valence-electron chi connectivity index (χ1n) is 9.53. The standard InChI is InChI=1S/C21H25N5O4/c1-14-5-6-17(18(11-14)29-4)30-13-20(27)22-9-10-25-21(28)8-7-19(24-25)26-16(3)12-15(2)23-26/h5-8,11-12H,9-10,13H2,1-4H3,(H,22,27). The summed E-state index contributed by atoms with van der Waals surface area (Å²) in [5.41, 5.74) is 2.56. The number of benzene rings is 1. The lowest BCUT2D eigenvalue weighted by Gasteiger charge is -2.12. The first-order chi connectivity index (χ1) is 14.4. The predicted molar refractivity (Wildman–Crippen MR) is 111 cm³/mol. The molecule has 158 valence electrons. The Balaban J connectivity index is 1.56. The van der Waals surface area contributed by atoms with E-state index in [1.807, 2.05) is 39.0 Å². The van der Waals surface area contributed by atoms with Gasteiger partial charge in [-0.15, -0.1) is 5.10 Å². The molecule has 0 radical (unpaired) electrons. The molecule has 0 aliphatic carbocycles. The third kappa shape index (κ3) is 5.05. The van der Waals surface area contributed by atoms with E-state index in [1.54, 1.807) is 23.9 Å². The topological polar surface area (TPSA) is 100 Å². The van der Waals surface area contributed by atoms with Crippen LogP contribution in [-0.2, 0) is 11.3 Å². The van der Waals surface area contributed by atoms with Crippen molar-refractivity contribution in [3.63, 3.8) is 0 Å². The number of nitrogens with one attached hydrogen (secondary N) is 1. The second-order valence-corrected chi connectivity index (χ2v) is 6.88. The molecule has 0 aliphatic rings. The van der Waals surface area contributed by atoms with Crippen LogP contribution in [0.4, 0.5) is 0 Å². The Kier molecular flexibility index (Phi) is 6.51. The zero-order valence-corrected chi connectivity index (χ0v) is 17.5. The van der Waals surface area contributed by atoms with E-state index in [4.69, 9.17) is 9.47 Å². The fraction of sp³-hybridized carbons (Fsp3) is 0.333. The van der Waals surface area contributed by atoms with Gasteiger partial charge >= 0.3 is 0 Å². The fourth-order valence-corrected chi connectivity index (χ4v) is 2.96.